The normalized spacial score (nSPS) is 25.3. The minimum atomic E-state index is -4.32. The zero-order chi connectivity index (χ0) is 30.0. The van der Waals surface area contributed by atoms with Crippen molar-refractivity contribution in [1.82, 2.24) is 9.55 Å². The molecule has 2 fully saturated rings. The van der Waals surface area contributed by atoms with E-state index < -0.39 is 61.3 Å². The van der Waals surface area contributed by atoms with Crippen molar-refractivity contribution < 1.29 is 51.4 Å². The van der Waals surface area contributed by atoms with Crippen molar-refractivity contribution in [2.75, 3.05) is 53.9 Å². The van der Waals surface area contributed by atoms with Gasteiger partial charge in [-0.1, -0.05) is 0 Å². The summed E-state index contributed by atoms with van der Waals surface area (Å²) in [5.41, 5.74) is -2.20. The molecule has 1 unspecified atom stereocenters. The topological polar surface area (TPSA) is 172 Å². The van der Waals surface area contributed by atoms with Crippen molar-refractivity contribution in [3.63, 3.8) is 0 Å². The number of carbonyl (C=O) groups is 1. The highest BCUT2D eigenvalue weighted by molar-refractivity contribution is 7.48. The Morgan fingerprint density at radius 3 is 2.32 bits per heavy atom. The molecule has 16 heteroatoms. The molecular formula is C25H41N2O13P. The summed E-state index contributed by atoms with van der Waals surface area (Å²) in [5.74, 6) is -0.520. The summed E-state index contributed by atoms with van der Waals surface area (Å²) in [6.45, 7) is 5.13. The van der Waals surface area contributed by atoms with Gasteiger partial charge in [-0.3, -0.25) is 32.7 Å². The molecular weight excluding hydrogens is 567 g/mol. The second-order valence-corrected chi connectivity index (χ2v) is 12.1. The molecule has 41 heavy (non-hydrogen) atoms. The minimum absolute atomic E-state index is 0.0972. The SMILES string of the molecule is COCCOP(=O)(OCCOC)O[C@H]1[C@@H](OC2CCCCO2)[C@H](n2ccc(=O)[nH]c2=O)O[C@@H]1COC(=O)C(C)(C)C. The molecule has 1 aromatic rings. The largest absolute Gasteiger partial charge is 0.475 e. The minimum Gasteiger partial charge on any atom is -0.462 e. The lowest BCUT2D eigenvalue weighted by Crippen LogP contribution is -2.43. The fourth-order valence-electron chi connectivity index (χ4n) is 4.05. The standard InChI is InChI=1S/C25H41N2O13P/c1-25(2,3)23(29)35-16-17-20(40-41(31,36-14-12-32-4)37-15-13-33-5)21(39-19-8-6-7-11-34-19)22(38-17)27-10-9-18(28)26-24(27)30/h9-10,17,19-22H,6-8,11-16H2,1-5H3,(H,26,28,30)/t17-,19?,20-,21-,22-/m1/s1. The van der Waals surface area contributed by atoms with Crippen LogP contribution < -0.4 is 11.2 Å². The van der Waals surface area contributed by atoms with E-state index in [2.05, 4.69) is 4.98 Å². The Labute approximate surface area is 238 Å². The van der Waals surface area contributed by atoms with E-state index in [-0.39, 0.29) is 33.0 Å². The van der Waals surface area contributed by atoms with Crippen LogP contribution in [0.3, 0.4) is 0 Å². The summed E-state index contributed by atoms with van der Waals surface area (Å²) in [6.07, 6.45) is -1.88. The summed E-state index contributed by atoms with van der Waals surface area (Å²) in [6, 6.07) is 1.15. The molecule has 5 atom stereocenters. The third-order valence-electron chi connectivity index (χ3n) is 6.17. The Kier molecular flexibility index (Phi) is 12.7. The number of phosphoric ester groups is 1. The van der Waals surface area contributed by atoms with E-state index >= 15 is 0 Å². The van der Waals surface area contributed by atoms with Gasteiger partial charge in [0.2, 0.25) is 0 Å². The molecule has 1 N–H and O–H groups in total. The molecule has 1 aromatic heterocycles. The molecule has 2 aliphatic rings. The molecule has 15 nitrogen and oxygen atoms in total. The highest BCUT2D eigenvalue weighted by Crippen LogP contribution is 2.53. The van der Waals surface area contributed by atoms with Crippen molar-refractivity contribution in [3.8, 4) is 0 Å². The molecule has 0 bridgehead atoms. The zero-order valence-corrected chi connectivity index (χ0v) is 25.0. The number of carbonyl (C=O) groups excluding carboxylic acids is 1. The number of methoxy groups -OCH3 is 2. The lowest BCUT2D eigenvalue weighted by atomic mass is 9.97. The molecule has 3 rings (SSSR count). The van der Waals surface area contributed by atoms with Crippen LogP contribution in [0.15, 0.2) is 21.9 Å². The zero-order valence-electron chi connectivity index (χ0n) is 24.1. The van der Waals surface area contributed by atoms with Gasteiger partial charge in [-0.2, -0.15) is 0 Å². The lowest BCUT2D eigenvalue weighted by Gasteiger charge is -2.32. The molecule has 234 valence electrons. The van der Waals surface area contributed by atoms with Crippen LogP contribution in [0.4, 0.5) is 0 Å². The molecule has 0 spiro atoms. The van der Waals surface area contributed by atoms with Crippen LogP contribution >= 0.6 is 7.82 Å². The number of nitrogens with one attached hydrogen (secondary N) is 1. The number of hydrogen-bond donors (Lipinski definition) is 1. The molecule has 0 saturated carbocycles. The number of ether oxygens (including phenoxy) is 6. The molecule has 3 heterocycles. The number of esters is 1. The van der Waals surface area contributed by atoms with Gasteiger partial charge in [0.25, 0.3) is 5.56 Å². The van der Waals surface area contributed by atoms with Gasteiger partial charge in [0.1, 0.15) is 24.9 Å². The summed E-state index contributed by atoms with van der Waals surface area (Å²) in [5, 5.41) is 0. The van der Waals surface area contributed by atoms with E-state index in [0.717, 1.165) is 23.5 Å². The summed E-state index contributed by atoms with van der Waals surface area (Å²) >= 11 is 0. The summed E-state index contributed by atoms with van der Waals surface area (Å²) < 4.78 is 65.6. The Bertz CT molecular complexity index is 1110. The third-order valence-corrected chi connectivity index (χ3v) is 7.67. The third kappa shape index (κ3) is 9.80. The van der Waals surface area contributed by atoms with Gasteiger partial charge >= 0.3 is 19.5 Å². The van der Waals surface area contributed by atoms with Gasteiger partial charge in [0.05, 0.1) is 31.8 Å². The number of rotatable bonds is 15. The van der Waals surface area contributed by atoms with E-state index in [4.69, 9.17) is 42.0 Å². The first-order valence-electron chi connectivity index (χ1n) is 13.4. The predicted molar refractivity (Wildman–Crippen MR) is 142 cm³/mol. The molecule has 0 amide bonds. The van der Waals surface area contributed by atoms with E-state index in [1.54, 1.807) is 20.8 Å². The Morgan fingerprint density at radius 1 is 1.07 bits per heavy atom. The van der Waals surface area contributed by atoms with Crippen LogP contribution in [0.1, 0.15) is 46.3 Å². The van der Waals surface area contributed by atoms with Crippen molar-refractivity contribution in [1.29, 1.82) is 0 Å². The van der Waals surface area contributed by atoms with E-state index in [1.807, 2.05) is 0 Å². The quantitative estimate of drug-likeness (QED) is 0.174. The average molecular weight is 609 g/mol. The Balaban J connectivity index is 2.00. The van der Waals surface area contributed by atoms with Crippen LogP contribution in [-0.2, 0) is 51.4 Å². The Hall–Kier alpha value is -1.94. The highest BCUT2D eigenvalue weighted by atomic mass is 31.2. The number of nitrogens with zero attached hydrogens (tertiary/aromatic N) is 1. The maximum atomic E-state index is 13.8. The van der Waals surface area contributed by atoms with Gasteiger partial charge in [0.15, 0.2) is 12.5 Å². The highest BCUT2D eigenvalue weighted by Gasteiger charge is 2.53. The van der Waals surface area contributed by atoms with Gasteiger partial charge in [0, 0.05) is 33.1 Å². The van der Waals surface area contributed by atoms with Crippen LogP contribution in [0.2, 0.25) is 0 Å². The van der Waals surface area contributed by atoms with Crippen LogP contribution in [0.25, 0.3) is 0 Å². The molecule has 0 aromatic carbocycles. The molecule has 2 aliphatic heterocycles. The molecule has 0 aliphatic carbocycles. The van der Waals surface area contributed by atoms with Gasteiger partial charge < -0.3 is 28.4 Å². The average Bonchev–Trinajstić information content (AvgIpc) is 3.23. The van der Waals surface area contributed by atoms with E-state index in [1.165, 1.54) is 20.4 Å². The number of H-pyrrole nitrogens is 1. The van der Waals surface area contributed by atoms with Crippen molar-refractivity contribution in [3.05, 3.63) is 33.1 Å². The van der Waals surface area contributed by atoms with Crippen LogP contribution in [-0.4, -0.2) is 94.0 Å². The van der Waals surface area contributed by atoms with Gasteiger partial charge in [-0.25, -0.2) is 9.36 Å². The van der Waals surface area contributed by atoms with Crippen molar-refractivity contribution in [2.45, 2.75) is 70.9 Å². The Morgan fingerprint density at radius 2 is 1.76 bits per heavy atom. The van der Waals surface area contributed by atoms with Crippen molar-refractivity contribution in [2.24, 2.45) is 5.41 Å². The first kappa shape index (κ1) is 33.6. The summed E-state index contributed by atoms with van der Waals surface area (Å²) in [4.78, 5) is 39.3. The van der Waals surface area contributed by atoms with E-state index in [0.29, 0.717) is 13.0 Å². The fraction of sp³-hybridized carbons (Fsp3) is 0.800. The van der Waals surface area contributed by atoms with Crippen molar-refractivity contribution >= 4 is 13.8 Å². The second-order valence-electron chi connectivity index (χ2n) is 10.5. The smallest absolute Gasteiger partial charge is 0.462 e. The van der Waals surface area contributed by atoms with Gasteiger partial charge in [-0.05, 0) is 40.0 Å². The van der Waals surface area contributed by atoms with E-state index in [9.17, 15) is 18.9 Å². The first-order valence-corrected chi connectivity index (χ1v) is 14.9. The predicted octanol–water partition coefficient (Wildman–Crippen LogP) is 1.75. The van der Waals surface area contributed by atoms with Crippen LogP contribution in [0.5, 0.6) is 0 Å². The fourth-order valence-corrected chi connectivity index (χ4v) is 5.39. The number of phosphoric acid groups is 1. The maximum absolute atomic E-state index is 13.8. The monoisotopic (exact) mass is 608 g/mol. The van der Waals surface area contributed by atoms with Crippen LogP contribution in [0, 0.1) is 5.41 Å². The maximum Gasteiger partial charge on any atom is 0.475 e. The number of hydrogen-bond acceptors (Lipinski definition) is 13. The number of aromatic amines is 1. The van der Waals surface area contributed by atoms with Gasteiger partial charge in [-0.15, -0.1) is 0 Å². The second kappa shape index (κ2) is 15.5. The lowest BCUT2D eigenvalue weighted by molar-refractivity contribution is -0.215. The summed E-state index contributed by atoms with van der Waals surface area (Å²) in [7, 11) is -1.42. The first-order chi connectivity index (χ1) is 19.5. The number of aromatic nitrogens is 2. The molecule has 2 saturated heterocycles. The molecule has 0 radical (unpaired) electrons.